The first-order chi connectivity index (χ1) is 7.69. The molecule has 0 bridgehead atoms. The molecule has 0 unspecified atom stereocenters. The van der Waals surface area contributed by atoms with Crippen LogP contribution in [0.25, 0.3) is 0 Å². The van der Waals surface area contributed by atoms with E-state index in [1.807, 2.05) is 23.5 Å². The quantitative estimate of drug-likeness (QED) is 0.535. The van der Waals surface area contributed by atoms with Crippen molar-refractivity contribution in [2.75, 3.05) is 11.5 Å². The van der Waals surface area contributed by atoms with Gasteiger partial charge in [0.1, 0.15) is 0 Å². The van der Waals surface area contributed by atoms with Crippen LogP contribution in [0.1, 0.15) is 26.7 Å². The first kappa shape index (κ1) is 14.9. The molecule has 0 atom stereocenters. The third-order valence-electron chi connectivity index (χ3n) is 1.91. The maximum absolute atomic E-state index is 3.62. The molecular formula is C12H16Br2S2. The molecule has 0 aromatic heterocycles. The molecule has 16 heavy (non-hydrogen) atoms. The molecular weight excluding hydrogens is 368 g/mol. The lowest BCUT2D eigenvalue weighted by Gasteiger charge is -2.09. The van der Waals surface area contributed by atoms with Crippen LogP contribution in [0.3, 0.4) is 0 Å². The van der Waals surface area contributed by atoms with Gasteiger partial charge in [0.25, 0.3) is 0 Å². The summed E-state index contributed by atoms with van der Waals surface area (Å²) >= 11 is 11.1. The van der Waals surface area contributed by atoms with Gasteiger partial charge in [0.05, 0.1) is 0 Å². The summed E-state index contributed by atoms with van der Waals surface area (Å²) in [5.74, 6) is 2.36. The SMILES string of the molecule is CCCSc1cc(SCCC)c(Br)cc1Br. The Hall–Kier alpha value is 0.880. The monoisotopic (exact) mass is 382 g/mol. The average Bonchev–Trinajstić information content (AvgIpc) is 2.26. The molecule has 0 aliphatic heterocycles. The highest BCUT2D eigenvalue weighted by atomic mass is 79.9. The maximum Gasteiger partial charge on any atom is 0.0323 e. The molecule has 0 spiro atoms. The molecule has 1 rings (SSSR count). The summed E-state index contributed by atoms with van der Waals surface area (Å²) in [6, 6.07) is 4.45. The van der Waals surface area contributed by atoms with Gasteiger partial charge in [0, 0.05) is 18.7 Å². The van der Waals surface area contributed by atoms with Crippen molar-refractivity contribution >= 4 is 55.4 Å². The highest BCUT2D eigenvalue weighted by Gasteiger charge is 2.07. The predicted molar refractivity (Wildman–Crippen MR) is 83.9 cm³/mol. The minimum atomic E-state index is 1.18. The summed E-state index contributed by atoms with van der Waals surface area (Å²) in [4.78, 5) is 2.70. The van der Waals surface area contributed by atoms with Crippen LogP contribution in [0.2, 0.25) is 0 Å². The predicted octanol–water partition coefficient (Wildman–Crippen LogP) is 6.22. The fraction of sp³-hybridized carbons (Fsp3) is 0.500. The lowest BCUT2D eigenvalue weighted by atomic mass is 10.4. The van der Waals surface area contributed by atoms with Crippen molar-refractivity contribution in [3.05, 3.63) is 21.1 Å². The van der Waals surface area contributed by atoms with Crippen LogP contribution in [-0.2, 0) is 0 Å². The summed E-state index contributed by atoms with van der Waals surface area (Å²) in [7, 11) is 0. The van der Waals surface area contributed by atoms with Gasteiger partial charge >= 0.3 is 0 Å². The van der Waals surface area contributed by atoms with Gasteiger partial charge in [-0.25, -0.2) is 0 Å². The fourth-order valence-electron chi connectivity index (χ4n) is 1.16. The van der Waals surface area contributed by atoms with Crippen LogP contribution >= 0.6 is 55.4 Å². The second-order valence-corrected chi connectivity index (χ2v) is 7.39. The van der Waals surface area contributed by atoms with E-state index in [4.69, 9.17) is 0 Å². The van der Waals surface area contributed by atoms with Crippen LogP contribution < -0.4 is 0 Å². The summed E-state index contributed by atoms with van der Waals surface area (Å²) in [6.45, 7) is 4.43. The van der Waals surface area contributed by atoms with Gasteiger partial charge in [-0.2, -0.15) is 0 Å². The molecule has 0 amide bonds. The molecule has 0 saturated carbocycles. The van der Waals surface area contributed by atoms with Crippen molar-refractivity contribution in [2.24, 2.45) is 0 Å². The van der Waals surface area contributed by atoms with Crippen LogP contribution in [-0.4, -0.2) is 11.5 Å². The van der Waals surface area contributed by atoms with Gasteiger partial charge in [-0.1, -0.05) is 13.8 Å². The Balaban J connectivity index is 2.83. The Morgan fingerprint density at radius 2 is 1.31 bits per heavy atom. The average molecular weight is 384 g/mol. The Bertz CT molecular complexity index is 311. The van der Waals surface area contributed by atoms with E-state index in [2.05, 4.69) is 57.8 Å². The third-order valence-corrected chi connectivity index (χ3v) is 6.27. The first-order valence-electron chi connectivity index (χ1n) is 5.43. The van der Waals surface area contributed by atoms with E-state index in [1.54, 1.807) is 0 Å². The molecule has 0 aliphatic carbocycles. The van der Waals surface area contributed by atoms with Gasteiger partial charge in [-0.15, -0.1) is 23.5 Å². The smallest absolute Gasteiger partial charge is 0.0323 e. The summed E-state index contributed by atoms with van der Waals surface area (Å²) in [5.41, 5.74) is 0. The van der Waals surface area contributed by atoms with E-state index in [1.165, 1.54) is 43.1 Å². The molecule has 0 nitrogen and oxygen atoms in total. The highest BCUT2D eigenvalue weighted by Crippen LogP contribution is 2.37. The van der Waals surface area contributed by atoms with Crippen LogP contribution in [0.15, 0.2) is 30.9 Å². The van der Waals surface area contributed by atoms with Crippen molar-refractivity contribution in [1.29, 1.82) is 0 Å². The van der Waals surface area contributed by atoms with E-state index in [-0.39, 0.29) is 0 Å². The van der Waals surface area contributed by atoms with Crippen LogP contribution in [0.5, 0.6) is 0 Å². The second-order valence-electron chi connectivity index (χ2n) is 3.41. The van der Waals surface area contributed by atoms with Gasteiger partial charge in [0.15, 0.2) is 0 Å². The topological polar surface area (TPSA) is 0 Å². The standard InChI is InChI=1S/C12H16Br2S2/c1-3-5-15-11-8-12(16-6-4-2)10(14)7-9(11)13/h7-8H,3-6H2,1-2H3. The molecule has 0 N–H and O–H groups in total. The Morgan fingerprint density at radius 3 is 1.69 bits per heavy atom. The second kappa shape index (κ2) is 8.06. The number of rotatable bonds is 6. The van der Waals surface area contributed by atoms with Crippen LogP contribution in [0.4, 0.5) is 0 Å². The fourth-order valence-corrected chi connectivity index (χ4v) is 4.56. The van der Waals surface area contributed by atoms with Crippen molar-refractivity contribution in [3.8, 4) is 0 Å². The van der Waals surface area contributed by atoms with Gasteiger partial charge in [-0.3, -0.25) is 0 Å². The largest absolute Gasteiger partial charge is 0.125 e. The first-order valence-corrected chi connectivity index (χ1v) is 8.99. The zero-order valence-electron chi connectivity index (χ0n) is 9.56. The summed E-state index contributed by atoms with van der Waals surface area (Å²) < 4.78 is 2.39. The zero-order chi connectivity index (χ0) is 12.0. The van der Waals surface area contributed by atoms with E-state index < -0.39 is 0 Å². The number of hydrogen-bond donors (Lipinski definition) is 0. The molecule has 0 aliphatic rings. The zero-order valence-corrected chi connectivity index (χ0v) is 14.4. The number of halogens is 2. The number of hydrogen-bond acceptors (Lipinski definition) is 2. The van der Waals surface area contributed by atoms with E-state index in [9.17, 15) is 0 Å². The van der Waals surface area contributed by atoms with Gasteiger partial charge in [-0.05, 0) is 68.3 Å². The van der Waals surface area contributed by atoms with E-state index in [0.717, 1.165) is 0 Å². The molecule has 90 valence electrons. The van der Waals surface area contributed by atoms with Crippen molar-refractivity contribution in [2.45, 2.75) is 36.5 Å². The van der Waals surface area contributed by atoms with Crippen molar-refractivity contribution in [1.82, 2.24) is 0 Å². The summed E-state index contributed by atoms with van der Waals surface area (Å²) in [5, 5.41) is 0. The number of benzene rings is 1. The van der Waals surface area contributed by atoms with Crippen molar-refractivity contribution < 1.29 is 0 Å². The molecule has 0 radical (unpaired) electrons. The maximum atomic E-state index is 3.62. The highest BCUT2D eigenvalue weighted by molar-refractivity contribution is 9.11. The Morgan fingerprint density at radius 1 is 0.875 bits per heavy atom. The molecule has 0 fully saturated rings. The third kappa shape index (κ3) is 4.63. The Labute approximate surface area is 124 Å². The molecule has 1 aromatic rings. The Kier molecular flexibility index (Phi) is 7.53. The normalized spacial score (nSPS) is 10.8. The molecule has 0 saturated heterocycles. The van der Waals surface area contributed by atoms with E-state index in [0.29, 0.717) is 0 Å². The van der Waals surface area contributed by atoms with Gasteiger partial charge in [0.2, 0.25) is 0 Å². The lowest BCUT2D eigenvalue weighted by molar-refractivity contribution is 1.10. The minimum absolute atomic E-state index is 1.18. The van der Waals surface area contributed by atoms with Crippen molar-refractivity contribution in [3.63, 3.8) is 0 Å². The van der Waals surface area contributed by atoms with Crippen LogP contribution in [0, 0.1) is 0 Å². The van der Waals surface area contributed by atoms with E-state index >= 15 is 0 Å². The summed E-state index contributed by atoms with van der Waals surface area (Å²) in [6.07, 6.45) is 2.43. The molecule has 1 aromatic carbocycles. The van der Waals surface area contributed by atoms with Gasteiger partial charge < -0.3 is 0 Å². The minimum Gasteiger partial charge on any atom is -0.125 e. The molecule has 0 heterocycles. The molecule has 4 heteroatoms. The number of thioether (sulfide) groups is 2. The lowest BCUT2D eigenvalue weighted by Crippen LogP contribution is -1.84.